The van der Waals surface area contributed by atoms with E-state index >= 15 is 0 Å². The van der Waals surface area contributed by atoms with Crippen molar-refractivity contribution < 1.29 is 33.4 Å². The molecule has 0 spiro atoms. The Bertz CT molecular complexity index is 490. The summed E-state index contributed by atoms with van der Waals surface area (Å²) in [6.45, 7) is 6.83. The summed E-state index contributed by atoms with van der Waals surface area (Å²) >= 11 is 0. The molecule has 0 saturated heterocycles. The molecule has 1 aliphatic carbocycles. The van der Waals surface area contributed by atoms with Crippen LogP contribution in [-0.2, 0) is 33.4 Å². The molecule has 0 unspecified atom stereocenters. The van der Waals surface area contributed by atoms with Crippen LogP contribution in [0.5, 0.6) is 0 Å². The second-order valence-electron chi connectivity index (χ2n) is 5.74. The summed E-state index contributed by atoms with van der Waals surface area (Å²) in [5, 5.41) is 2.70. The maximum Gasteiger partial charge on any atom is 0.303 e. The highest BCUT2D eigenvalue weighted by Crippen LogP contribution is 2.32. The van der Waals surface area contributed by atoms with Crippen LogP contribution in [0, 0.1) is 5.92 Å². The number of carbonyl (C=O) groups is 4. The molecule has 8 heteroatoms. The summed E-state index contributed by atoms with van der Waals surface area (Å²) in [6.07, 6.45) is -2.26. The topological polar surface area (TPSA) is 108 Å². The smallest absolute Gasteiger partial charge is 0.303 e. The van der Waals surface area contributed by atoms with Gasteiger partial charge in [0.05, 0.1) is 6.04 Å². The molecule has 1 amide bonds. The van der Waals surface area contributed by atoms with Gasteiger partial charge in [0, 0.05) is 27.7 Å². The molecule has 0 aromatic rings. The molecule has 0 aromatic heterocycles. The first kappa shape index (κ1) is 18.9. The van der Waals surface area contributed by atoms with Crippen LogP contribution in [0.25, 0.3) is 0 Å². The van der Waals surface area contributed by atoms with Gasteiger partial charge in [-0.2, -0.15) is 0 Å². The normalized spacial score (nSPS) is 30.0. The predicted octanol–water partition coefficient (Wildman–Crippen LogP) is 0.326. The molecular formula is C15H23NO7. The van der Waals surface area contributed by atoms with E-state index in [1.807, 2.05) is 6.92 Å². The molecule has 1 N–H and O–H groups in total. The Labute approximate surface area is 134 Å². The molecular weight excluding hydrogens is 306 g/mol. The van der Waals surface area contributed by atoms with E-state index < -0.39 is 42.3 Å². The molecule has 0 bridgehead atoms. The highest BCUT2D eigenvalue weighted by atomic mass is 16.6. The number of nitrogens with one attached hydrogen (secondary N) is 1. The first-order chi connectivity index (χ1) is 10.6. The molecule has 23 heavy (non-hydrogen) atoms. The fraction of sp³-hybridized carbons (Fsp3) is 0.733. The van der Waals surface area contributed by atoms with Crippen LogP contribution in [0.1, 0.15) is 41.0 Å². The molecule has 130 valence electrons. The van der Waals surface area contributed by atoms with Crippen LogP contribution in [0.3, 0.4) is 0 Å². The molecule has 5 atom stereocenters. The molecule has 1 saturated carbocycles. The molecule has 0 heterocycles. The van der Waals surface area contributed by atoms with Crippen molar-refractivity contribution in [1.82, 2.24) is 5.32 Å². The SMILES string of the molecule is CC(=O)N[C@@H]1C[C@@H](C)[C@@H](OC(C)=O)[C@@H](OC(C)=O)[C@@H]1OC(C)=O. The van der Waals surface area contributed by atoms with Gasteiger partial charge in [-0.1, -0.05) is 6.92 Å². The molecule has 1 rings (SSSR count). The van der Waals surface area contributed by atoms with Gasteiger partial charge in [-0.25, -0.2) is 0 Å². The Hall–Kier alpha value is -2.12. The predicted molar refractivity (Wildman–Crippen MR) is 78.0 cm³/mol. The molecule has 0 aliphatic heterocycles. The zero-order valence-corrected chi connectivity index (χ0v) is 14.0. The molecule has 8 nitrogen and oxygen atoms in total. The van der Waals surface area contributed by atoms with Gasteiger partial charge in [0.2, 0.25) is 5.91 Å². The number of amides is 1. The highest BCUT2D eigenvalue weighted by Gasteiger charge is 2.49. The van der Waals surface area contributed by atoms with Crippen molar-refractivity contribution in [3.05, 3.63) is 0 Å². The van der Waals surface area contributed by atoms with Crippen molar-refractivity contribution in [3.8, 4) is 0 Å². The number of esters is 3. The molecule has 1 fully saturated rings. The fourth-order valence-electron chi connectivity index (χ4n) is 2.85. The van der Waals surface area contributed by atoms with E-state index in [0.29, 0.717) is 6.42 Å². The van der Waals surface area contributed by atoms with Crippen molar-refractivity contribution in [1.29, 1.82) is 0 Å². The van der Waals surface area contributed by atoms with E-state index in [9.17, 15) is 19.2 Å². The standard InChI is InChI=1S/C15H23NO7/c1-7-6-12(16-8(2)17)14(22-10(4)19)15(23-11(5)20)13(7)21-9(3)18/h7,12-15H,6H2,1-5H3,(H,16,17)/t7-,12-,13-,14-,15-/m1/s1. The van der Waals surface area contributed by atoms with Gasteiger partial charge < -0.3 is 19.5 Å². The zero-order chi connectivity index (χ0) is 17.7. The van der Waals surface area contributed by atoms with Crippen LogP contribution < -0.4 is 5.32 Å². The van der Waals surface area contributed by atoms with Crippen LogP contribution >= 0.6 is 0 Å². The average Bonchev–Trinajstić information content (AvgIpc) is 2.36. The highest BCUT2D eigenvalue weighted by molar-refractivity contribution is 5.73. The number of rotatable bonds is 4. The summed E-state index contributed by atoms with van der Waals surface area (Å²) < 4.78 is 15.8. The van der Waals surface area contributed by atoms with Gasteiger partial charge in [-0.3, -0.25) is 19.2 Å². The Morgan fingerprint density at radius 2 is 1.22 bits per heavy atom. The minimum absolute atomic E-state index is 0.202. The zero-order valence-electron chi connectivity index (χ0n) is 14.0. The fourth-order valence-corrected chi connectivity index (χ4v) is 2.85. The number of carbonyl (C=O) groups excluding carboxylic acids is 4. The molecule has 0 aromatic carbocycles. The Morgan fingerprint density at radius 3 is 1.65 bits per heavy atom. The molecule has 1 aliphatic rings. The van der Waals surface area contributed by atoms with Crippen molar-refractivity contribution in [2.75, 3.05) is 0 Å². The van der Waals surface area contributed by atoms with E-state index in [4.69, 9.17) is 14.2 Å². The lowest BCUT2D eigenvalue weighted by Gasteiger charge is -2.43. The first-order valence-electron chi connectivity index (χ1n) is 7.40. The average molecular weight is 329 g/mol. The largest absolute Gasteiger partial charge is 0.458 e. The maximum absolute atomic E-state index is 11.4. The Morgan fingerprint density at radius 1 is 0.783 bits per heavy atom. The Kier molecular flexibility index (Phi) is 6.53. The lowest BCUT2D eigenvalue weighted by molar-refractivity contribution is -0.199. The monoisotopic (exact) mass is 329 g/mol. The van der Waals surface area contributed by atoms with E-state index in [1.54, 1.807) is 0 Å². The number of hydrogen-bond acceptors (Lipinski definition) is 7. The van der Waals surface area contributed by atoms with Crippen LogP contribution in [-0.4, -0.2) is 48.2 Å². The van der Waals surface area contributed by atoms with Crippen molar-refractivity contribution >= 4 is 23.8 Å². The first-order valence-corrected chi connectivity index (χ1v) is 7.40. The van der Waals surface area contributed by atoms with Gasteiger partial charge >= 0.3 is 17.9 Å². The number of hydrogen-bond donors (Lipinski definition) is 1. The van der Waals surface area contributed by atoms with E-state index in [2.05, 4.69) is 5.32 Å². The summed E-state index contributed by atoms with van der Waals surface area (Å²) in [5.74, 6) is -2.21. The maximum atomic E-state index is 11.4. The van der Waals surface area contributed by atoms with Gasteiger partial charge in [-0.15, -0.1) is 0 Å². The minimum Gasteiger partial charge on any atom is -0.458 e. The third kappa shape index (κ3) is 5.54. The van der Waals surface area contributed by atoms with Crippen LogP contribution in [0.4, 0.5) is 0 Å². The third-order valence-electron chi connectivity index (χ3n) is 3.53. The van der Waals surface area contributed by atoms with E-state index in [-0.39, 0.29) is 11.8 Å². The van der Waals surface area contributed by atoms with Crippen molar-refractivity contribution in [2.24, 2.45) is 5.92 Å². The van der Waals surface area contributed by atoms with Gasteiger partial charge in [-0.05, 0) is 12.3 Å². The quantitative estimate of drug-likeness (QED) is 0.584. The van der Waals surface area contributed by atoms with Crippen molar-refractivity contribution in [3.63, 3.8) is 0 Å². The van der Waals surface area contributed by atoms with Gasteiger partial charge in [0.15, 0.2) is 12.2 Å². The third-order valence-corrected chi connectivity index (χ3v) is 3.53. The number of ether oxygens (including phenoxy) is 3. The van der Waals surface area contributed by atoms with Crippen LogP contribution in [0.15, 0.2) is 0 Å². The van der Waals surface area contributed by atoms with E-state index in [1.165, 1.54) is 27.7 Å². The second-order valence-corrected chi connectivity index (χ2v) is 5.74. The Balaban J connectivity index is 3.15. The van der Waals surface area contributed by atoms with E-state index in [0.717, 1.165) is 0 Å². The second kappa shape index (κ2) is 7.94. The summed E-state index contributed by atoms with van der Waals surface area (Å²) in [6, 6.07) is -0.539. The van der Waals surface area contributed by atoms with Crippen molar-refractivity contribution in [2.45, 2.75) is 65.4 Å². The lowest BCUT2D eigenvalue weighted by atomic mass is 9.80. The minimum atomic E-state index is -0.985. The van der Waals surface area contributed by atoms with Gasteiger partial charge in [0.25, 0.3) is 0 Å². The van der Waals surface area contributed by atoms with Gasteiger partial charge in [0.1, 0.15) is 6.10 Å². The summed E-state index contributed by atoms with van der Waals surface area (Å²) in [5.41, 5.74) is 0. The molecule has 0 radical (unpaired) electrons. The summed E-state index contributed by atoms with van der Waals surface area (Å²) in [7, 11) is 0. The lowest BCUT2D eigenvalue weighted by Crippen LogP contribution is -2.61. The van der Waals surface area contributed by atoms with Crippen LogP contribution in [0.2, 0.25) is 0 Å². The summed E-state index contributed by atoms with van der Waals surface area (Å²) in [4.78, 5) is 45.6.